The maximum atomic E-state index is 13.5. The second-order valence-corrected chi connectivity index (χ2v) is 4.04. The van der Waals surface area contributed by atoms with E-state index in [0.29, 0.717) is 5.02 Å². The number of benzene rings is 1. The maximum absolute atomic E-state index is 13.5. The summed E-state index contributed by atoms with van der Waals surface area (Å²) in [4.78, 5) is 13.7. The lowest BCUT2D eigenvalue weighted by molar-refractivity contribution is -0.384. The minimum Gasteiger partial charge on any atom is -0.378 e. The second kappa shape index (κ2) is 5.07. The van der Waals surface area contributed by atoms with Crippen molar-refractivity contribution in [1.29, 1.82) is 0 Å². The molecule has 1 heterocycles. The molecule has 8 heteroatoms. The molecule has 3 N–H and O–H groups in total. The molecule has 2 rings (SSSR count). The molecule has 0 unspecified atom stereocenters. The second-order valence-electron chi connectivity index (χ2n) is 3.61. The highest BCUT2D eigenvalue weighted by atomic mass is 35.5. The molecule has 2 aromatic rings. The van der Waals surface area contributed by atoms with Crippen molar-refractivity contribution in [2.45, 2.75) is 0 Å². The lowest BCUT2D eigenvalue weighted by Gasteiger charge is -2.07. The first kappa shape index (κ1) is 13.0. The van der Waals surface area contributed by atoms with Gasteiger partial charge < -0.3 is 11.1 Å². The van der Waals surface area contributed by atoms with E-state index >= 15 is 0 Å². The third-order valence-electron chi connectivity index (χ3n) is 2.29. The maximum Gasteiger partial charge on any atom is 0.311 e. The van der Waals surface area contributed by atoms with Gasteiger partial charge in [-0.15, -0.1) is 0 Å². The quantitative estimate of drug-likeness (QED) is 0.666. The number of pyridine rings is 1. The average molecular weight is 283 g/mol. The number of halogens is 2. The molecule has 0 radical (unpaired) electrons. The highest BCUT2D eigenvalue weighted by Crippen LogP contribution is 2.25. The van der Waals surface area contributed by atoms with E-state index in [4.69, 9.17) is 17.3 Å². The Morgan fingerprint density at radius 3 is 2.74 bits per heavy atom. The van der Waals surface area contributed by atoms with Crippen LogP contribution in [0.5, 0.6) is 0 Å². The Kier molecular flexibility index (Phi) is 3.48. The number of nitrogens with two attached hydrogens (primary N) is 1. The van der Waals surface area contributed by atoms with Crippen LogP contribution < -0.4 is 11.1 Å². The van der Waals surface area contributed by atoms with Gasteiger partial charge in [0.05, 0.1) is 10.6 Å². The van der Waals surface area contributed by atoms with Crippen LogP contribution in [0.25, 0.3) is 0 Å². The fourth-order valence-electron chi connectivity index (χ4n) is 1.42. The number of nitro groups is 1. The standard InChI is InChI=1S/C11H8ClFN4O2/c12-6-1-2-7(13)8(5-6)15-10-4-3-9(17(18)19)11(14)16-10/h1-5H,(H3,14,15,16). The fourth-order valence-corrected chi connectivity index (χ4v) is 1.59. The molecular weight excluding hydrogens is 275 g/mol. The van der Waals surface area contributed by atoms with Crippen molar-refractivity contribution in [2.24, 2.45) is 0 Å². The molecule has 0 fully saturated rings. The van der Waals surface area contributed by atoms with Gasteiger partial charge in [-0.25, -0.2) is 9.37 Å². The number of nitrogens with zero attached hydrogens (tertiary/aromatic N) is 2. The molecule has 6 nitrogen and oxygen atoms in total. The van der Waals surface area contributed by atoms with Crippen LogP contribution in [-0.2, 0) is 0 Å². The van der Waals surface area contributed by atoms with Crippen LogP contribution in [0.1, 0.15) is 0 Å². The summed E-state index contributed by atoms with van der Waals surface area (Å²) in [5, 5.41) is 13.6. The number of anilines is 3. The molecule has 0 amide bonds. The van der Waals surface area contributed by atoms with E-state index in [9.17, 15) is 14.5 Å². The van der Waals surface area contributed by atoms with Crippen LogP contribution in [0.2, 0.25) is 5.02 Å². The third-order valence-corrected chi connectivity index (χ3v) is 2.53. The molecule has 0 atom stereocenters. The number of hydrogen-bond acceptors (Lipinski definition) is 5. The highest BCUT2D eigenvalue weighted by Gasteiger charge is 2.13. The lowest BCUT2D eigenvalue weighted by atomic mass is 10.3. The number of rotatable bonds is 3. The Hall–Kier alpha value is -2.41. The minimum absolute atomic E-state index is 0.105. The van der Waals surface area contributed by atoms with Crippen LogP contribution in [0.4, 0.5) is 27.4 Å². The SMILES string of the molecule is Nc1nc(Nc2cc(Cl)ccc2F)ccc1[N+](=O)[O-]. The van der Waals surface area contributed by atoms with Gasteiger partial charge in [-0.1, -0.05) is 11.6 Å². The molecule has 1 aromatic carbocycles. The van der Waals surface area contributed by atoms with Crippen LogP contribution >= 0.6 is 11.6 Å². The topological polar surface area (TPSA) is 94.1 Å². The molecule has 0 saturated heterocycles. The first-order chi connectivity index (χ1) is 8.97. The molecular formula is C11H8ClFN4O2. The van der Waals surface area contributed by atoms with Crippen molar-refractivity contribution in [3.05, 3.63) is 51.3 Å². The van der Waals surface area contributed by atoms with Crippen molar-refractivity contribution < 1.29 is 9.31 Å². The Bertz CT molecular complexity index is 651. The van der Waals surface area contributed by atoms with E-state index in [2.05, 4.69) is 10.3 Å². The molecule has 0 spiro atoms. The van der Waals surface area contributed by atoms with Gasteiger partial charge in [-0.05, 0) is 24.3 Å². The van der Waals surface area contributed by atoms with Gasteiger partial charge in [0.1, 0.15) is 11.6 Å². The number of hydrogen-bond donors (Lipinski definition) is 2. The molecule has 0 saturated carbocycles. The summed E-state index contributed by atoms with van der Waals surface area (Å²) >= 11 is 5.74. The lowest BCUT2D eigenvalue weighted by Crippen LogP contribution is -2.02. The summed E-state index contributed by atoms with van der Waals surface area (Å²) in [6, 6.07) is 6.48. The normalized spacial score (nSPS) is 10.2. The number of aromatic nitrogens is 1. The van der Waals surface area contributed by atoms with E-state index in [1.165, 1.54) is 30.3 Å². The Labute approximate surface area is 112 Å². The first-order valence-corrected chi connectivity index (χ1v) is 5.48. The van der Waals surface area contributed by atoms with Gasteiger partial charge in [0.2, 0.25) is 5.82 Å². The predicted molar refractivity (Wildman–Crippen MR) is 70.0 cm³/mol. The summed E-state index contributed by atoms with van der Waals surface area (Å²) in [5.74, 6) is -0.593. The van der Waals surface area contributed by atoms with Crippen molar-refractivity contribution in [1.82, 2.24) is 4.98 Å². The van der Waals surface area contributed by atoms with Gasteiger partial charge in [0.15, 0.2) is 0 Å². The van der Waals surface area contributed by atoms with E-state index in [1.54, 1.807) is 0 Å². The molecule has 0 bridgehead atoms. The van der Waals surface area contributed by atoms with Gasteiger partial charge in [-0.2, -0.15) is 0 Å². The van der Waals surface area contributed by atoms with Crippen molar-refractivity contribution in [2.75, 3.05) is 11.1 Å². The number of nitrogen functional groups attached to an aromatic ring is 1. The predicted octanol–water partition coefficient (Wildman–Crippen LogP) is 3.11. The molecule has 0 aliphatic heterocycles. The summed E-state index contributed by atoms with van der Waals surface area (Å²) in [7, 11) is 0. The smallest absolute Gasteiger partial charge is 0.311 e. The monoisotopic (exact) mass is 282 g/mol. The van der Waals surface area contributed by atoms with Gasteiger partial charge in [-0.3, -0.25) is 10.1 Å². The highest BCUT2D eigenvalue weighted by molar-refractivity contribution is 6.30. The molecule has 1 aromatic heterocycles. The summed E-state index contributed by atoms with van der Waals surface area (Å²) in [6.45, 7) is 0. The van der Waals surface area contributed by atoms with Crippen molar-refractivity contribution in [3.8, 4) is 0 Å². The van der Waals surface area contributed by atoms with Crippen molar-refractivity contribution in [3.63, 3.8) is 0 Å². The van der Waals surface area contributed by atoms with Crippen LogP contribution in [-0.4, -0.2) is 9.91 Å². The Morgan fingerprint density at radius 2 is 2.11 bits per heavy atom. The van der Waals surface area contributed by atoms with E-state index in [-0.39, 0.29) is 23.0 Å². The van der Waals surface area contributed by atoms with Gasteiger partial charge in [0.25, 0.3) is 0 Å². The summed E-state index contributed by atoms with van der Waals surface area (Å²) in [6.07, 6.45) is 0. The Balaban J connectivity index is 2.31. The largest absolute Gasteiger partial charge is 0.378 e. The van der Waals surface area contributed by atoms with Gasteiger partial charge >= 0.3 is 5.69 Å². The van der Waals surface area contributed by atoms with Gasteiger partial charge in [0, 0.05) is 11.1 Å². The number of nitrogens with one attached hydrogen (secondary N) is 1. The van der Waals surface area contributed by atoms with Crippen LogP contribution in [0.15, 0.2) is 30.3 Å². The zero-order valence-electron chi connectivity index (χ0n) is 9.43. The van der Waals surface area contributed by atoms with Crippen LogP contribution in [0, 0.1) is 15.9 Å². The van der Waals surface area contributed by atoms with Crippen molar-refractivity contribution >= 4 is 34.6 Å². The molecule has 0 aliphatic rings. The zero-order valence-corrected chi connectivity index (χ0v) is 10.2. The Morgan fingerprint density at radius 1 is 1.37 bits per heavy atom. The first-order valence-electron chi connectivity index (χ1n) is 5.10. The average Bonchev–Trinajstić information content (AvgIpc) is 2.33. The third kappa shape index (κ3) is 2.89. The fraction of sp³-hybridized carbons (Fsp3) is 0. The van der Waals surface area contributed by atoms with E-state index in [1.807, 2.05) is 0 Å². The molecule has 98 valence electrons. The minimum atomic E-state index is -0.647. The van der Waals surface area contributed by atoms with E-state index < -0.39 is 10.7 Å². The summed E-state index contributed by atoms with van der Waals surface area (Å²) in [5.41, 5.74) is 5.23. The summed E-state index contributed by atoms with van der Waals surface area (Å²) < 4.78 is 13.5. The zero-order chi connectivity index (χ0) is 14.0. The molecule has 0 aliphatic carbocycles. The van der Waals surface area contributed by atoms with E-state index in [0.717, 1.165) is 0 Å². The molecule has 19 heavy (non-hydrogen) atoms. The van der Waals surface area contributed by atoms with Crippen LogP contribution in [0.3, 0.4) is 0 Å².